The van der Waals surface area contributed by atoms with Gasteiger partial charge in [0.15, 0.2) is 0 Å². The highest BCUT2D eigenvalue weighted by Gasteiger charge is 2.41. The molecule has 1 N–H and O–H groups in total. The van der Waals surface area contributed by atoms with Gasteiger partial charge in [0.25, 0.3) is 0 Å². The highest BCUT2D eigenvalue weighted by atomic mass is 16.3. The number of aliphatic hydroxyl groups is 1. The Morgan fingerprint density at radius 2 is 1.89 bits per heavy atom. The smallest absolute Gasteiger partial charge is 0.0570 e. The molecular weight excluding hydrogens is 222 g/mol. The summed E-state index contributed by atoms with van der Waals surface area (Å²) in [5.74, 6) is 1.60. The molecule has 3 aliphatic rings. The van der Waals surface area contributed by atoms with Crippen LogP contribution in [0.4, 0.5) is 0 Å². The zero-order chi connectivity index (χ0) is 12.7. The SMILES string of the molecule is CC1=CCC[C@H](C)[C@@H]1CN1[C@H]2CC[C@H]1CC(O)C2. The second-order valence-corrected chi connectivity index (χ2v) is 6.82. The largest absolute Gasteiger partial charge is 0.393 e. The minimum absolute atomic E-state index is 0.0285. The highest BCUT2D eigenvalue weighted by molar-refractivity contribution is 5.10. The van der Waals surface area contributed by atoms with Crippen molar-refractivity contribution in [3.05, 3.63) is 11.6 Å². The molecule has 0 saturated carbocycles. The molecule has 0 spiro atoms. The maximum atomic E-state index is 9.88. The van der Waals surface area contributed by atoms with Crippen molar-refractivity contribution in [1.82, 2.24) is 4.90 Å². The quantitative estimate of drug-likeness (QED) is 0.761. The van der Waals surface area contributed by atoms with Crippen molar-refractivity contribution in [3.63, 3.8) is 0 Å². The molecule has 2 saturated heterocycles. The van der Waals surface area contributed by atoms with Crippen LogP contribution in [0.2, 0.25) is 0 Å². The van der Waals surface area contributed by atoms with E-state index in [9.17, 15) is 5.11 Å². The van der Waals surface area contributed by atoms with Gasteiger partial charge < -0.3 is 5.11 Å². The first-order valence-electron chi connectivity index (χ1n) is 7.75. The summed E-state index contributed by atoms with van der Waals surface area (Å²) in [4.78, 5) is 2.73. The average molecular weight is 249 g/mol. The van der Waals surface area contributed by atoms with Crippen molar-refractivity contribution in [2.45, 2.75) is 70.6 Å². The summed E-state index contributed by atoms with van der Waals surface area (Å²) in [6, 6.07) is 1.33. The molecule has 2 fully saturated rings. The number of allylic oxidation sites excluding steroid dienone is 1. The van der Waals surface area contributed by atoms with Crippen molar-refractivity contribution in [2.24, 2.45) is 11.8 Å². The Morgan fingerprint density at radius 1 is 1.22 bits per heavy atom. The number of nitrogens with zero attached hydrogens (tertiary/aromatic N) is 1. The van der Waals surface area contributed by atoms with Crippen LogP contribution in [0.3, 0.4) is 0 Å². The highest BCUT2D eigenvalue weighted by Crippen LogP contribution is 2.39. The second kappa shape index (κ2) is 4.97. The number of hydrogen-bond donors (Lipinski definition) is 1. The first kappa shape index (κ1) is 12.7. The third-order valence-electron chi connectivity index (χ3n) is 5.63. The molecule has 102 valence electrons. The monoisotopic (exact) mass is 249 g/mol. The van der Waals surface area contributed by atoms with Gasteiger partial charge in [-0.3, -0.25) is 4.90 Å². The van der Waals surface area contributed by atoms with Gasteiger partial charge in [0, 0.05) is 18.6 Å². The Kier molecular flexibility index (Phi) is 3.50. The summed E-state index contributed by atoms with van der Waals surface area (Å²) >= 11 is 0. The van der Waals surface area contributed by atoms with E-state index in [1.807, 2.05) is 0 Å². The van der Waals surface area contributed by atoms with Crippen LogP contribution in [0.25, 0.3) is 0 Å². The number of rotatable bonds is 2. The summed E-state index contributed by atoms with van der Waals surface area (Å²) in [6.45, 7) is 5.98. The van der Waals surface area contributed by atoms with E-state index in [-0.39, 0.29) is 6.10 Å². The molecule has 2 nitrogen and oxygen atoms in total. The van der Waals surface area contributed by atoms with Crippen molar-refractivity contribution in [1.29, 1.82) is 0 Å². The number of hydrogen-bond acceptors (Lipinski definition) is 2. The molecule has 18 heavy (non-hydrogen) atoms. The fourth-order valence-electron chi connectivity index (χ4n) is 4.47. The van der Waals surface area contributed by atoms with Gasteiger partial charge in [-0.2, -0.15) is 0 Å². The summed E-state index contributed by atoms with van der Waals surface area (Å²) in [5.41, 5.74) is 1.61. The number of aliphatic hydroxyl groups excluding tert-OH is 1. The molecule has 3 rings (SSSR count). The lowest BCUT2D eigenvalue weighted by atomic mass is 9.79. The molecule has 0 aromatic heterocycles. The third-order valence-corrected chi connectivity index (χ3v) is 5.63. The van der Waals surface area contributed by atoms with Crippen LogP contribution in [0.1, 0.15) is 52.4 Å². The van der Waals surface area contributed by atoms with Gasteiger partial charge in [-0.1, -0.05) is 18.6 Å². The molecular formula is C16H27NO. The van der Waals surface area contributed by atoms with E-state index in [1.165, 1.54) is 32.2 Å². The van der Waals surface area contributed by atoms with Crippen molar-refractivity contribution in [2.75, 3.05) is 6.54 Å². The molecule has 2 aliphatic heterocycles. The topological polar surface area (TPSA) is 23.5 Å². The molecule has 0 radical (unpaired) electrons. The molecule has 4 atom stereocenters. The fourth-order valence-corrected chi connectivity index (χ4v) is 4.47. The van der Waals surface area contributed by atoms with Gasteiger partial charge in [0.05, 0.1) is 6.10 Å². The lowest BCUT2D eigenvalue weighted by Gasteiger charge is -2.41. The van der Waals surface area contributed by atoms with Gasteiger partial charge in [-0.05, 0) is 57.3 Å². The minimum Gasteiger partial charge on any atom is -0.393 e. The van der Waals surface area contributed by atoms with Crippen LogP contribution in [-0.2, 0) is 0 Å². The standard InChI is InChI=1S/C16H27NO/c1-11-4-3-5-12(2)16(11)10-17-13-6-7-14(17)9-15(18)8-13/h4,12-16,18H,3,5-10H2,1-2H3/t12-,13-,14-,16+/m0/s1. The van der Waals surface area contributed by atoms with E-state index in [0.717, 1.165) is 24.7 Å². The molecule has 2 bridgehead atoms. The van der Waals surface area contributed by atoms with Gasteiger partial charge in [-0.25, -0.2) is 0 Å². The molecule has 1 aliphatic carbocycles. The normalized spacial score (nSPS) is 45.1. The van der Waals surface area contributed by atoms with Crippen LogP contribution in [0.5, 0.6) is 0 Å². The Bertz CT molecular complexity index is 324. The molecule has 2 heteroatoms. The van der Waals surface area contributed by atoms with Gasteiger partial charge in [-0.15, -0.1) is 0 Å². The van der Waals surface area contributed by atoms with E-state index in [0.29, 0.717) is 12.1 Å². The Hall–Kier alpha value is -0.340. The fraction of sp³-hybridized carbons (Fsp3) is 0.875. The van der Waals surface area contributed by atoms with Gasteiger partial charge in [0.2, 0.25) is 0 Å². The molecule has 2 heterocycles. The lowest BCUT2D eigenvalue weighted by Crippen LogP contribution is -2.47. The molecule has 0 unspecified atom stereocenters. The first-order valence-corrected chi connectivity index (χ1v) is 7.75. The van der Waals surface area contributed by atoms with E-state index in [1.54, 1.807) is 5.57 Å². The predicted octanol–water partition coefficient (Wildman–Crippen LogP) is 2.97. The maximum Gasteiger partial charge on any atom is 0.0570 e. The number of fused-ring (bicyclic) bond motifs is 2. The summed E-state index contributed by atoms with van der Waals surface area (Å²) < 4.78 is 0. The number of piperidine rings is 1. The average Bonchev–Trinajstić information content (AvgIpc) is 2.56. The van der Waals surface area contributed by atoms with E-state index in [2.05, 4.69) is 24.8 Å². The summed E-state index contributed by atoms with van der Waals surface area (Å²) in [5, 5.41) is 9.88. The van der Waals surface area contributed by atoms with E-state index >= 15 is 0 Å². The van der Waals surface area contributed by atoms with Crippen molar-refractivity contribution >= 4 is 0 Å². The zero-order valence-corrected chi connectivity index (χ0v) is 11.8. The van der Waals surface area contributed by atoms with Gasteiger partial charge >= 0.3 is 0 Å². The summed E-state index contributed by atoms with van der Waals surface area (Å²) in [6.07, 6.45) is 9.70. The van der Waals surface area contributed by atoms with Crippen molar-refractivity contribution in [3.8, 4) is 0 Å². The Balaban J connectivity index is 1.69. The van der Waals surface area contributed by atoms with Crippen LogP contribution in [0.15, 0.2) is 11.6 Å². The molecule has 0 aromatic rings. The van der Waals surface area contributed by atoms with Crippen LogP contribution in [0, 0.1) is 11.8 Å². The lowest BCUT2D eigenvalue weighted by molar-refractivity contribution is 0.0247. The zero-order valence-electron chi connectivity index (χ0n) is 11.8. The first-order chi connectivity index (χ1) is 8.65. The third kappa shape index (κ3) is 2.25. The summed E-state index contributed by atoms with van der Waals surface area (Å²) in [7, 11) is 0. The molecule has 0 amide bonds. The maximum absolute atomic E-state index is 9.88. The van der Waals surface area contributed by atoms with E-state index in [4.69, 9.17) is 0 Å². The Morgan fingerprint density at radius 3 is 2.50 bits per heavy atom. The van der Waals surface area contributed by atoms with Crippen LogP contribution in [-0.4, -0.2) is 34.7 Å². The minimum atomic E-state index is -0.0285. The van der Waals surface area contributed by atoms with Crippen molar-refractivity contribution < 1.29 is 5.11 Å². The van der Waals surface area contributed by atoms with Gasteiger partial charge in [0.1, 0.15) is 0 Å². The second-order valence-electron chi connectivity index (χ2n) is 6.82. The van der Waals surface area contributed by atoms with Crippen LogP contribution < -0.4 is 0 Å². The molecule has 0 aromatic carbocycles. The van der Waals surface area contributed by atoms with E-state index < -0.39 is 0 Å². The predicted molar refractivity (Wildman–Crippen MR) is 74.4 cm³/mol. The van der Waals surface area contributed by atoms with Crippen LogP contribution >= 0.6 is 0 Å². The Labute approximate surface area is 111 Å².